The molecule has 0 bridgehead atoms. The van der Waals surface area contributed by atoms with Gasteiger partial charge in [-0.25, -0.2) is 0 Å². The number of nitrogens with two attached hydrogens (primary N) is 1. The molecule has 0 saturated carbocycles. The first-order valence-electron chi connectivity index (χ1n) is 19.4. The van der Waals surface area contributed by atoms with E-state index in [4.69, 9.17) is 29.1 Å². The summed E-state index contributed by atoms with van der Waals surface area (Å²) in [6, 6.07) is 6.67. The Morgan fingerprint density at radius 3 is 1.91 bits per heavy atom. The van der Waals surface area contributed by atoms with Gasteiger partial charge in [-0.05, 0) is 75.6 Å². The van der Waals surface area contributed by atoms with E-state index in [9.17, 15) is 14.6 Å². The molecule has 4 rings (SSSR count). The van der Waals surface area contributed by atoms with Gasteiger partial charge in [-0.15, -0.1) is 0 Å². The van der Waals surface area contributed by atoms with Gasteiger partial charge in [-0.2, -0.15) is 0 Å². The van der Waals surface area contributed by atoms with Crippen molar-refractivity contribution < 1.29 is 38.0 Å². The summed E-state index contributed by atoms with van der Waals surface area (Å²) in [4.78, 5) is 31.2. The molecule has 2 heterocycles. The fraction of sp³-hybridized carbons (Fsp3) is 0.561. The molecule has 2 aliphatic rings. The summed E-state index contributed by atoms with van der Waals surface area (Å²) in [7, 11) is 0.198. The lowest BCUT2D eigenvalue weighted by Gasteiger charge is -2.38. The zero-order valence-electron chi connectivity index (χ0n) is 34.5. The highest BCUT2D eigenvalue weighted by Crippen LogP contribution is 2.39. The van der Waals surface area contributed by atoms with Crippen LogP contribution in [0, 0.1) is 0 Å². The molecule has 2 aliphatic heterocycles. The van der Waals surface area contributed by atoms with E-state index in [0.29, 0.717) is 84.8 Å². The fourth-order valence-corrected chi connectivity index (χ4v) is 7.75. The van der Waals surface area contributed by atoms with Gasteiger partial charge in [-0.1, -0.05) is 52.0 Å². The van der Waals surface area contributed by atoms with E-state index in [0.717, 1.165) is 43.3 Å². The second kappa shape index (κ2) is 18.7. The van der Waals surface area contributed by atoms with Gasteiger partial charge in [0, 0.05) is 42.6 Å². The lowest BCUT2D eigenvalue weighted by Crippen LogP contribution is -2.46. The number of hydrogen-bond donors (Lipinski definition) is 3. The van der Waals surface area contributed by atoms with Crippen LogP contribution in [-0.4, -0.2) is 101 Å². The van der Waals surface area contributed by atoms with Gasteiger partial charge in [0.05, 0.1) is 51.2 Å². The van der Waals surface area contributed by atoms with Gasteiger partial charge < -0.3 is 49.2 Å². The second-order valence-electron chi connectivity index (χ2n) is 16.3. The standard InChI is InChI=1S/C41H63BN4O8Si/c1-12-29-18-27(2)24-45(29)40(48)32-21-36(51-9)38(23-34(32)44-42(7)49)53-17-15-13-14-16-52-37-22-33(43)31(20-35(37)50-8)39(47)46-25-28(3)19-30(46)26-54-55(10,11)41(4,5)6/h20-23,29-30,44,49H,2-3,12-19,24-26,43H2,1,4-11H3/t29-,30+/m1/s1. The summed E-state index contributed by atoms with van der Waals surface area (Å²) in [5.74, 6) is 1.48. The van der Waals surface area contributed by atoms with Crippen LogP contribution in [0.3, 0.4) is 0 Å². The normalized spacial score (nSPS) is 17.4. The molecule has 0 aromatic heterocycles. The number of nitrogens with zero attached hydrogens (tertiary/aromatic N) is 2. The molecular formula is C41H63BN4O8Si. The Balaban J connectivity index is 1.33. The SMILES string of the molecule is C=C1C[C@@H](CO[Si](C)(C)C(C)(C)C)N(C(=O)c2cc(OC)c(OCCCCCOc3cc(NB(C)O)c(C(=O)N4CC(=C)C[C@H]4CC)cc3OC)cc2N)C1. The molecule has 2 saturated heterocycles. The molecule has 14 heteroatoms. The molecule has 2 aromatic rings. The van der Waals surface area contributed by atoms with Crippen LogP contribution in [0.5, 0.6) is 23.0 Å². The van der Waals surface area contributed by atoms with E-state index >= 15 is 0 Å². The number of nitrogens with one attached hydrogen (secondary N) is 1. The lowest BCUT2D eigenvalue weighted by atomic mass is 9.87. The maximum absolute atomic E-state index is 13.8. The first-order chi connectivity index (χ1) is 25.9. The molecule has 2 fully saturated rings. The van der Waals surface area contributed by atoms with Crippen LogP contribution in [0.1, 0.15) is 86.9 Å². The minimum absolute atomic E-state index is 0.0642. The number of hydrogen-bond acceptors (Lipinski definition) is 10. The van der Waals surface area contributed by atoms with Gasteiger partial charge >= 0.3 is 7.05 Å². The number of likely N-dealkylation sites (tertiary alicyclic amines) is 2. The maximum atomic E-state index is 13.8. The van der Waals surface area contributed by atoms with Crippen LogP contribution in [0.15, 0.2) is 48.6 Å². The van der Waals surface area contributed by atoms with Crippen molar-refractivity contribution >= 4 is 38.6 Å². The predicted molar refractivity (Wildman–Crippen MR) is 223 cm³/mol. The molecule has 0 spiro atoms. The number of carbonyl (C=O) groups is 2. The summed E-state index contributed by atoms with van der Waals surface area (Å²) < 4.78 is 29.9. The second-order valence-corrected chi connectivity index (χ2v) is 21.1. The molecule has 0 unspecified atom stereocenters. The fourth-order valence-electron chi connectivity index (χ4n) is 6.71. The smallest absolute Gasteiger partial charge is 0.406 e. The summed E-state index contributed by atoms with van der Waals surface area (Å²) in [6.45, 7) is 25.2. The molecular weight excluding hydrogens is 715 g/mol. The number of benzene rings is 2. The predicted octanol–water partition coefficient (Wildman–Crippen LogP) is 7.41. The number of carbonyl (C=O) groups excluding carboxylic acids is 2. The summed E-state index contributed by atoms with van der Waals surface area (Å²) >= 11 is 0. The largest absolute Gasteiger partial charge is 0.493 e. The minimum Gasteiger partial charge on any atom is -0.493 e. The first-order valence-corrected chi connectivity index (χ1v) is 22.3. The van der Waals surface area contributed by atoms with Crippen LogP contribution in [0.25, 0.3) is 0 Å². The molecule has 4 N–H and O–H groups in total. The maximum Gasteiger partial charge on any atom is 0.406 e. The Bertz CT molecular complexity index is 1710. The number of ether oxygens (including phenoxy) is 4. The summed E-state index contributed by atoms with van der Waals surface area (Å²) in [5.41, 5.74) is 10.0. The minimum atomic E-state index is -2.00. The third kappa shape index (κ3) is 10.8. The monoisotopic (exact) mass is 778 g/mol. The van der Waals surface area contributed by atoms with Gasteiger partial charge in [0.15, 0.2) is 31.3 Å². The van der Waals surface area contributed by atoms with Crippen molar-refractivity contribution in [1.82, 2.24) is 9.80 Å². The van der Waals surface area contributed by atoms with Crippen molar-refractivity contribution in [1.29, 1.82) is 0 Å². The summed E-state index contributed by atoms with van der Waals surface area (Å²) in [5, 5.41) is 13.2. The molecule has 0 radical (unpaired) electrons. The molecule has 55 heavy (non-hydrogen) atoms. The Kier molecular flexibility index (Phi) is 14.8. The highest BCUT2D eigenvalue weighted by Gasteiger charge is 2.40. The quantitative estimate of drug-likeness (QED) is 0.0606. The molecule has 2 atom stereocenters. The van der Waals surface area contributed by atoms with Crippen LogP contribution < -0.4 is 29.9 Å². The Labute approximate surface area is 329 Å². The topological polar surface area (TPSA) is 145 Å². The van der Waals surface area contributed by atoms with E-state index in [-0.39, 0.29) is 28.9 Å². The number of anilines is 2. The van der Waals surface area contributed by atoms with Gasteiger partial charge in [0.1, 0.15) is 0 Å². The highest BCUT2D eigenvalue weighted by molar-refractivity contribution is 6.74. The Hall–Kier alpha value is -4.14. The third-order valence-electron chi connectivity index (χ3n) is 10.9. The van der Waals surface area contributed by atoms with Crippen LogP contribution >= 0.6 is 0 Å². The molecule has 12 nitrogen and oxygen atoms in total. The van der Waals surface area contributed by atoms with Crippen LogP contribution in [-0.2, 0) is 4.43 Å². The van der Waals surface area contributed by atoms with Crippen LogP contribution in [0.4, 0.5) is 11.4 Å². The van der Waals surface area contributed by atoms with Crippen molar-refractivity contribution in [3.63, 3.8) is 0 Å². The van der Waals surface area contributed by atoms with Gasteiger partial charge in [0.2, 0.25) is 0 Å². The van der Waals surface area contributed by atoms with Crippen molar-refractivity contribution in [2.45, 2.75) is 103 Å². The van der Waals surface area contributed by atoms with Crippen LogP contribution in [0.2, 0.25) is 25.0 Å². The lowest BCUT2D eigenvalue weighted by molar-refractivity contribution is 0.0685. The Morgan fingerprint density at radius 1 is 0.873 bits per heavy atom. The number of unbranched alkanes of at least 4 members (excludes halogenated alkanes) is 2. The highest BCUT2D eigenvalue weighted by atomic mass is 28.4. The number of amides is 2. The van der Waals surface area contributed by atoms with E-state index in [1.807, 2.05) is 9.80 Å². The summed E-state index contributed by atoms with van der Waals surface area (Å²) in [6.07, 6.45) is 4.58. The zero-order chi connectivity index (χ0) is 40.7. The Morgan fingerprint density at radius 2 is 1.38 bits per heavy atom. The average molecular weight is 779 g/mol. The average Bonchev–Trinajstić information content (AvgIpc) is 3.70. The third-order valence-corrected chi connectivity index (χ3v) is 15.4. The first kappa shape index (κ1) is 43.6. The van der Waals surface area contributed by atoms with Crippen molar-refractivity contribution in [2.75, 3.05) is 58.1 Å². The van der Waals surface area contributed by atoms with E-state index < -0.39 is 15.4 Å². The van der Waals surface area contributed by atoms with Gasteiger partial charge in [0.25, 0.3) is 11.8 Å². The number of nitrogen functional groups attached to an aromatic ring is 1. The molecule has 0 aliphatic carbocycles. The zero-order valence-corrected chi connectivity index (χ0v) is 35.5. The number of methoxy groups -OCH3 is 2. The van der Waals surface area contributed by atoms with Gasteiger partial charge in [-0.3, -0.25) is 9.59 Å². The van der Waals surface area contributed by atoms with Crippen molar-refractivity contribution in [2.24, 2.45) is 0 Å². The van der Waals surface area contributed by atoms with Crippen molar-refractivity contribution in [3.05, 3.63) is 59.7 Å². The number of rotatable bonds is 18. The molecule has 2 aromatic carbocycles. The molecule has 302 valence electrons. The van der Waals surface area contributed by atoms with E-state index in [2.05, 4.69) is 59.2 Å². The molecule has 2 amide bonds. The van der Waals surface area contributed by atoms with Crippen molar-refractivity contribution in [3.8, 4) is 23.0 Å². The van der Waals surface area contributed by atoms with E-state index in [1.165, 1.54) is 7.11 Å². The van der Waals surface area contributed by atoms with E-state index in [1.54, 1.807) is 38.2 Å².